The number of nitrogens with zero attached hydrogens (tertiary/aromatic N) is 3. The van der Waals surface area contributed by atoms with Crippen molar-refractivity contribution >= 4 is 23.5 Å². The van der Waals surface area contributed by atoms with E-state index in [1.165, 1.54) is 0 Å². The summed E-state index contributed by atoms with van der Waals surface area (Å²) in [5.41, 5.74) is 13.5. The molecule has 0 unspecified atom stereocenters. The molecule has 0 amide bonds. The van der Waals surface area contributed by atoms with Gasteiger partial charge in [0.2, 0.25) is 17.8 Å². The molecule has 110 valence electrons. The molecular weight excluding hydrogens is 296 g/mol. The number of thiophene rings is 1. The van der Waals surface area contributed by atoms with Crippen LogP contribution in [0.15, 0.2) is 64.2 Å². The van der Waals surface area contributed by atoms with Gasteiger partial charge in [-0.2, -0.15) is 10.2 Å². The summed E-state index contributed by atoms with van der Waals surface area (Å²) in [6, 6.07) is 14.0. The second kappa shape index (κ2) is 6.23. The average molecular weight is 311 g/mol. The van der Waals surface area contributed by atoms with Crippen LogP contribution < -0.4 is 16.1 Å². The molecule has 0 saturated carbocycles. The first kappa shape index (κ1) is 14.0. The van der Waals surface area contributed by atoms with Crippen molar-refractivity contribution in [3.63, 3.8) is 0 Å². The Morgan fingerprint density at radius 1 is 1.14 bits per heavy atom. The van der Waals surface area contributed by atoms with Crippen LogP contribution in [0.5, 0.6) is 0 Å². The Bertz CT molecular complexity index is 798. The monoisotopic (exact) mass is 311 g/mol. The van der Waals surface area contributed by atoms with Gasteiger partial charge < -0.3 is 11.5 Å². The van der Waals surface area contributed by atoms with Gasteiger partial charge in [0.15, 0.2) is 0 Å². The number of rotatable bonds is 4. The molecule has 0 bridgehead atoms. The van der Waals surface area contributed by atoms with Crippen LogP contribution in [0, 0.1) is 0 Å². The molecule has 0 aliphatic carbocycles. The third-order valence-corrected chi connectivity index (χ3v) is 3.85. The van der Waals surface area contributed by atoms with Crippen molar-refractivity contribution < 1.29 is 4.68 Å². The maximum atomic E-state index is 5.29. The summed E-state index contributed by atoms with van der Waals surface area (Å²) in [6.07, 6.45) is 3.58. The third-order valence-electron chi connectivity index (χ3n) is 2.96. The molecule has 6 nitrogen and oxygen atoms in total. The number of aromatic nitrogens is 2. The van der Waals surface area contributed by atoms with E-state index < -0.39 is 0 Å². The highest BCUT2D eigenvalue weighted by molar-refractivity contribution is 7.13. The van der Waals surface area contributed by atoms with Gasteiger partial charge in [0.25, 0.3) is 0 Å². The van der Waals surface area contributed by atoms with E-state index in [2.05, 4.69) is 15.3 Å². The maximum Gasteiger partial charge on any atom is 0.235 e. The average Bonchev–Trinajstić information content (AvgIpc) is 3.16. The normalized spacial score (nSPS) is 10.9. The number of nitrogens with two attached hydrogens (primary N) is 2. The van der Waals surface area contributed by atoms with Crippen molar-refractivity contribution in [1.29, 1.82) is 0 Å². The number of H-pyrrole nitrogens is 1. The molecule has 3 aromatic rings. The number of nitrogens with one attached hydrogen (secondary N) is 1. The predicted octanol–water partition coefficient (Wildman–Crippen LogP) is 1.63. The van der Waals surface area contributed by atoms with Crippen LogP contribution in [0.4, 0.5) is 0 Å². The molecule has 0 aliphatic rings. The topological polar surface area (TPSA) is 96.4 Å². The van der Waals surface area contributed by atoms with Gasteiger partial charge in [-0.25, -0.2) is 0 Å². The number of aromatic amines is 1. The van der Waals surface area contributed by atoms with Crippen LogP contribution in [-0.4, -0.2) is 17.3 Å². The molecule has 22 heavy (non-hydrogen) atoms. The summed E-state index contributed by atoms with van der Waals surface area (Å²) in [5, 5.41) is 12.9. The van der Waals surface area contributed by atoms with Crippen molar-refractivity contribution in [3.05, 3.63) is 59.6 Å². The first-order valence-corrected chi connectivity index (χ1v) is 7.48. The molecule has 0 radical (unpaired) electrons. The maximum absolute atomic E-state index is 5.29. The van der Waals surface area contributed by atoms with Crippen molar-refractivity contribution in [2.24, 2.45) is 21.7 Å². The van der Waals surface area contributed by atoms with Crippen LogP contribution in [0.1, 0.15) is 5.56 Å². The summed E-state index contributed by atoms with van der Waals surface area (Å²) in [7, 11) is 0. The number of benzene rings is 1. The second-order valence-electron chi connectivity index (χ2n) is 4.52. The van der Waals surface area contributed by atoms with Gasteiger partial charge in [0.1, 0.15) is 5.69 Å². The van der Waals surface area contributed by atoms with E-state index in [1.54, 1.807) is 17.6 Å². The van der Waals surface area contributed by atoms with Gasteiger partial charge >= 0.3 is 0 Å². The summed E-state index contributed by atoms with van der Waals surface area (Å²) < 4.78 is 1.94. The lowest BCUT2D eigenvalue weighted by atomic mass is 10.2. The van der Waals surface area contributed by atoms with E-state index in [1.807, 2.05) is 58.7 Å². The van der Waals surface area contributed by atoms with E-state index in [0.717, 1.165) is 21.8 Å². The van der Waals surface area contributed by atoms with Gasteiger partial charge in [0, 0.05) is 12.1 Å². The highest BCUT2D eigenvalue weighted by Crippen LogP contribution is 2.24. The Morgan fingerprint density at radius 3 is 2.64 bits per heavy atom. The van der Waals surface area contributed by atoms with E-state index >= 15 is 0 Å². The fourth-order valence-corrected chi connectivity index (χ4v) is 2.76. The fraction of sp³-hybridized carbons (Fsp3) is 0. The first-order valence-electron chi connectivity index (χ1n) is 6.60. The summed E-state index contributed by atoms with van der Waals surface area (Å²) in [5.74, 6) is -0.0691. The Kier molecular flexibility index (Phi) is 3.97. The van der Waals surface area contributed by atoms with Crippen LogP contribution in [0.3, 0.4) is 0 Å². The van der Waals surface area contributed by atoms with Crippen molar-refractivity contribution in [1.82, 2.24) is 5.10 Å². The SMILES string of the molecule is NC(N)=N/N=C/c1c[n+](-c2ccccc2)[nH]c1-c1cccs1. The predicted molar refractivity (Wildman–Crippen MR) is 89.0 cm³/mol. The minimum absolute atomic E-state index is 0.0691. The molecule has 0 aliphatic heterocycles. The molecule has 2 heterocycles. The van der Waals surface area contributed by atoms with Crippen LogP contribution in [0.2, 0.25) is 0 Å². The van der Waals surface area contributed by atoms with Crippen molar-refractivity contribution in [2.75, 3.05) is 0 Å². The lowest BCUT2D eigenvalue weighted by Crippen LogP contribution is -2.31. The largest absolute Gasteiger partial charge is 0.369 e. The second-order valence-corrected chi connectivity index (χ2v) is 5.47. The molecule has 1 aromatic carbocycles. The highest BCUT2D eigenvalue weighted by atomic mass is 32.1. The zero-order valence-corrected chi connectivity index (χ0v) is 12.5. The Labute approximate surface area is 131 Å². The van der Waals surface area contributed by atoms with Gasteiger partial charge in [0.05, 0.1) is 16.7 Å². The third kappa shape index (κ3) is 3.04. The zero-order chi connectivity index (χ0) is 15.4. The van der Waals surface area contributed by atoms with E-state index in [4.69, 9.17) is 11.5 Å². The number of guanidine groups is 1. The molecule has 0 fully saturated rings. The Morgan fingerprint density at radius 2 is 1.95 bits per heavy atom. The van der Waals surface area contributed by atoms with Crippen LogP contribution in [0.25, 0.3) is 16.3 Å². The van der Waals surface area contributed by atoms with Gasteiger partial charge in [-0.15, -0.1) is 16.4 Å². The first-order chi connectivity index (χ1) is 10.7. The lowest BCUT2D eigenvalue weighted by Gasteiger charge is -1.91. The molecule has 5 N–H and O–H groups in total. The van der Waals surface area contributed by atoms with Gasteiger partial charge in [-0.3, -0.25) is 0 Å². The summed E-state index contributed by atoms with van der Waals surface area (Å²) >= 11 is 1.65. The molecule has 0 saturated heterocycles. The summed E-state index contributed by atoms with van der Waals surface area (Å²) in [4.78, 5) is 1.11. The number of hydrogen-bond acceptors (Lipinski definition) is 3. The lowest BCUT2D eigenvalue weighted by molar-refractivity contribution is -0.654. The van der Waals surface area contributed by atoms with Gasteiger partial charge in [-0.1, -0.05) is 28.9 Å². The smallest absolute Gasteiger partial charge is 0.235 e. The van der Waals surface area contributed by atoms with E-state index in [-0.39, 0.29) is 5.96 Å². The van der Waals surface area contributed by atoms with Crippen LogP contribution in [-0.2, 0) is 0 Å². The molecule has 2 aromatic heterocycles. The minimum atomic E-state index is -0.0691. The fourth-order valence-electron chi connectivity index (χ4n) is 2.02. The Hall–Kier alpha value is -2.93. The van der Waals surface area contributed by atoms with Crippen molar-refractivity contribution in [2.45, 2.75) is 0 Å². The van der Waals surface area contributed by atoms with Crippen molar-refractivity contribution in [3.8, 4) is 16.3 Å². The number of hydrogen-bond donors (Lipinski definition) is 3. The Balaban J connectivity index is 2.05. The number of para-hydroxylation sites is 1. The standard InChI is InChI=1S/C15H14N6S/c16-15(17)19-18-9-11-10-21(12-5-2-1-3-6-12)20-14(11)13-7-4-8-22-13/h1-10H,(H4,16,17,19)/p+1/b18-9+. The minimum Gasteiger partial charge on any atom is -0.369 e. The van der Waals surface area contributed by atoms with E-state index in [0.29, 0.717) is 0 Å². The molecule has 7 heteroatoms. The molecule has 0 spiro atoms. The van der Waals surface area contributed by atoms with Gasteiger partial charge in [-0.05, 0) is 11.4 Å². The molecular formula is C15H15N6S+. The van der Waals surface area contributed by atoms with Crippen LogP contribution >= 0.6 is 11.3 Å². The summed E-state index contributed by atoms with van der Waals surface area (Å²) in [6.45, 7) is 0. The highest BCUT2D eigenvalue weighted by Gasteiger charge is 2.17. The van der Waals surface area contributed by atoms with E-state index in [9.17, 15) is 0 Å². The molecule has 3 rings (SSSR count). The zero-order valence-electron chi connectivity index (χ0n) is 11.7. The quantitative estimate of drug-likeness (QED) is 0.295. The molecule has 0 atom stereocenters.